The van der Waals surface area contributed by atoms with Gasteiger partial charge in [0.15, 0.2) is 10.8 Å². The lowest BCUT2D eigenvalue weighted by Crippen LogP contribution is -2.71. The summed E-state index contributed by atoms with van der Waals surface area (Å²) in [5.74, 6) is -3.03. The minimum Gasteiger partial charge on any atom is -0.481 e. The topological polar surface area (TPSA) is 271 Å². The summed E-state index contributed by atoms with van der Waals surface area (Å²) >= 11 is 3.50. The molecule has 0 saturated carbocycles. The molecule has 0 spiro atoms. The highest BCUT2D eigenvalue weighted by atomic mass is 32.2. The molecule has 2 unspecified atom stereocenters. The molecule has 1 fully saturated rings. The van der Waals surface area contributed by atoms with Crippen LogP contribution in [0.3, 0.4) is 0 Å². The quantitative estimate of drug-likeness (QED) is 0.0353. The third kappa shape index (κ3) is 5.92. The molecule has 5 rings (SSSR count). The van der Waals surface area contributed by atoms with E-state index < -0.39 is 41.3 Å². The molecule has 232 valence electrons. The van der Waals surface area contributed by atoms with Gasteiger partial charge in [-0.05, 0) is 12.5 Å². The van der Waals surface area contributed by atoms with E-state index in [9.17, 15) is 24.3 Å². The molecule has 3 aromatic rings. The maximum atomic E-state index is 13.2. The third-order valence-corrected chi connectivity index (χ3v) is 9.50. The summed E-state index contributed by atoms with van der Waals surface area (Å²) in [5, 5.41) is 30.9. The molecule has 3 aromatic heterocycles. The van der Waals surface area contributed by atoms with Crippen molar-refractivity contribution in [1.29, 1.82) is 0 Å². The van der Waals surface area contributed by atoms with Crippen molar-refractivity contribution in [3.63, 3.8) is 0 Å². The van der Waals surface area contributed by atoms with Crippen molar-refractivity contribution < 1.29 is 38.8 Å². The molecule has 0 radical (unpaired) electrons. The Morgan fingerprint density at radius 3 is 2.70 bits per heavy atom. The number of nitrogen functional groups attached to an aromatic ring is 3. The Morgan fingerprint density at radius 1 is 1.30 bits per heavy atom. The van der Waals surface area contributed by atoms with Gasteiger partial charge in [-0.25, -0.2) is 14.3 Å². The zero-order chi connectivity index (χ0) is 31.9. The van der Waals surface area contributed by atoms with Crippen LogP contribution in [0.1, 0.15) is 19.0 Å². The number of thiazole rings is 1. The standard InChI is InChI=1S/C23H25N11O7S3/c1-8(3-13(35)36)41-31-14(10-7-43-22(26)27-10)17(37)29-15-18(38)33-16(20(39)40)9(5-42-19(15)33)6-44-23-28-11(24)4-12-32(2)21(25)30-34(12)23/h4,7-8,15,19,24H,3,5-6H2,1-2H3,(H7,25,26,27,29,30,35,36,37,39,40)/p+1/b31-14-/t8?,15?,19-/m1/s1. The summed E-state index contributed by atoms with van der Waals surface area (Å²) in [5.41, 5.74) is 18.2. The molecule has 44 heavy (non-hydrogen) atoms. The zero-order valence-corrected chi connectivity index (χ0v) is 25.5. The fourth-order valence-corrected chi connectivity index (χ4v) is 7.37. The van der Waals surface area contributed by atoms with Crippen LogP contribution < -0.4 is 27.1 Å². The molecular weight excluding hydrogens is 639 g/mol. The first-order valence-electron chi connectivity index (χ1n) is 12.7. The highest BCUT2D eigenvalue weighted by Crippen LogP contribution is 2.41. The Morgan fingerprint density at radius 2 is 2.05 bits per heavy atom. The first-order chi connectivity index (χ1) is 20.8. The van der Waals surface area contributed by atoms with Crippen LogP contribution in [0.2, 0.25) is 0 Å². The second-order valence-electron chi connectivity index (χ2n) is 9.58. The number of hydrogen-bond donors (Lipinski definition) is 6. The van der Waals surface area contributed by atoms with Crippen molar-refractivity contribution in [1.82, 2.24) is 29.8 Å². The fourth-order valence-electron chi connectivity index (χ4n) is 4.38. The number of anilines is 3. The molecule has 18 nitrogen and oxygen atoms in total. The number of carboxylic acid groups (broad SMARTS) is 2. The summed E-state index contributed by atoms with van der Waals surface area (Å²) in [7, 11) is 1.72. The Bertz CT molecular complexity index is 1750. The van der Waals surface area contributed by atoms with Gasteiger partial charge in [-0.1, -0.05) is 21.4 Å². The summed E-state index contributed by atoms with van der Waals surface area (Å²) in [4.78, 5) is 64.5. The number of fused-ring (bicyclic) bond motifs is 2. The van der Waals surface area contributed by atoms with Gasteiger partial charge in [0.25, 0.3) is 11.8 Å². The fraction of sp³-hybridized carbons (Fsp3) is 0.348. The molecule has 0 aromatic carbocycles. The molecule has 21 heteroatoms. The second kappa shape index (κ2) is 12.2. The number of nitrogens with zero attached hydrogens (tertiary/aromatic N) is 7. The summed E-state index contributed by atoms with van der Waals surface area (Å²) in [6.45, 7) is 1.46. The minimum absolute atomic E-state index is 0.0645. The Balaban J connectivity index is 1.33. The van der Waals surface area contributed by atoms with Crippen LogP contribution in [-0.4, -0.2) is 93.2 Å². The molecule has 1 saturated heterocycles. The predicted molar refractivity (Wildman–Crippen MR) is 159 cm³/mol. The first kappa shape index (κ1) is 30.8. The first-order valence-corrected chi connectivity index (χ1v) is 15.6. The Kier molecular flexibility index (Phi) is 8.52. The lowest BCUT2D eigenvalue weighted by Gasteiger charge is -2.49. The molecule has 2 amide bonds. The van der Waals surface area contributed by atoms with E-state index in [2.05, 4.69) is 25.5 Å². The number of nitrogens with one attached hydrogen (secondary N) is 1. The average Bonchev–Trinajstić information content (AvgIpc) is 3.51. The summed E-state index contributed by atoms with van der Waals surface area (Å²) in [6, 6.07) is 0.530. The Labute approximate surface area is 260 Å². The van der Waals surface area contributed by atoms with Crippen molar-refractivity contribution in [3.8, 4) is 0 Å². The van der Waals surface area contributed by atoms with Crippen molar-refractivity contribution in [2.24, 2.45) is 12.2 Å². The van der Waals surface area contributed by atoms with Gasteiger partial charge in [0.2, 0.25) is 10.8 Å². The van der Waals surface area contributed by atoms with Gasteiger partial charge in [-0.15, -0.1) is 23.1 Å². The van der Waals surface area contributed by atoms with Crippen LogP contribution in [0.5, 0.6) is 0 Å². The van der Waals surface area contributed by atoms with E-state index in [1.807, 2.05) is 0 Å². The highest BCUT2D eigenvalue weighted by Gasteiger charge is 2.54. The van der Waals surface area contributed by atoms with E-state index in [-0.39, 0.29) is 51.9 Å². The number of carboxylic acids is 2. The predicted octanol–water partition coefficient (Wildman–Crippen LogP) is -1.13. The van der Waals surface area contributed by atoms with Gasteiger partial charge in [-0.2, -0.15) is 4.98 Å². The number of oxime groups is 1. The van der Waals surface area contributed by atoms with Gasteiger partial charge in [0, 0.05) is 28.1 Å². The van der Waals surface area contributed by atoms with E-state index >= 15 is 0 Å². The number of hydrogen-bond acceptors (Lipinski definition) is 15. The number of thioether (sulfide) groups is 2. The van der Waals surface area contributed by atoms with Gasteiger partial charge in [0.05, 0.1) is 13.5 Å². The number of amides is 2. The number of carbonyl (C=O) groups is 4. The number of aryl methyl sites for hydroxylation is 1. The third-order valence-electron chi connectivity index (χ3n) is 6.47. The van der Waals surface area contributed by atoms with Gasteiger partial charge in [0.1, 0.15) is 34.7 Å². The molecule has 3 atom stereocenters. The normalized spacial score (nSPS) is 19.0. The van der Waals surface area contributed by atoms with E-state index in [1.54, 1.807) is 17.7 Å². The van der Waals surface area contributed by atoms with Gasteiger partial charge >= 0.3 is 17.9 Å². The number of rotatable bonds is 11. The van der Waals surface area contributed by atoms with Gasteiger partial charge in [-0.3, -0.25) is 19.3 Å². The van der Waals surface area contributed by atoms with Crippen molar-refractivity contribution >= 4 is 86.9 Å². The summed E-state index contributed by atoms with van der Waals surface area (Å²) < 4.78 is 3.12. The molecule has 2 aliphatic heterocycles. The van der Waals surface area contributed by atoms with Crippen LogP contribution in [-0.2, 0) is 31.1 Å². The molecule has 9 N–H and O–H groups in total. The van der Waals surface area contributed by atoms with Crippen molar-refractivity contribution in [2.45, 2.75) is 36.0 Å². The smallest absolute Gasteiger partial charge is 0.376 e. The van der Waals surface area contributed by atoms with Crippen LogP contribution in [0.25, 0.3) is 5.65 Å². The molecule has 5 heterocycles. The van der Waals surface area contributed by atoms with Crippen LogP contribution >= 0.6 is 34.9 Å². The number of nitrogens with two attached hydrogens (primary N) is 3. The molecule has 2 aliphatic rings. The Hall–Kier alpha value is -4.63. The van der Waals surface area contributed by atoms with Gasteiger partial charge < -0.3 is 37.6 Å². The maximum Gasteiger partial charge on any atom is 0.376 e. The monoisotopic (exact) mass is 664 g/mol. The largest absolute Gasteiger partial charge is 0.481 e. The number of aromatic nitrogens is 5. The van der Waals surface area contributed by atoms with E-state index in [0.29, 0.717) is 16.4 Å². The lowest BCUT2D eigenvalue weighted by molar-refractivity contribution is -0.631. The minimum atomic E-state index is -1.30. The lowest BCUT2D eigenvalue weighted by atomic mass is 10.0. The molecule has 0 bridgehead atoms. The summed E-state index contributed by atoms with van der Waals surface area (Å²) in [6.07, 6.45) is -1.24. The maximum absolute atomic E-state index is 13.2. The van der Waals surface area contributed by atoms with E-state index in [4.69, 9.17) is 27.1 Å². The number of aliphatic carboxylic acids is 2. The average molecular weight is 665 g/mol. The zero-order valence-electron chi connectivity index (χ0n) is 23.0. The molecular formula is C23H26N11O7S3+. The van der Waals surface area contributed by atoms with Crippen molar-refractivity contribution in [3.05, 3.63) is 28.4 Å². The SMILES string of the molecule is CC(CC(=O)O)O/N=C(\C(=O)NC1C(=O)N2C(C(=O)O)=C(CSc3nc(N)cc4n3nc(N)[n+]4C)CS[C@H]12)c1csc(N)n1. The van der Waals surface area contributed by atoms with Crippen LogP contribution in [0.15, 0.2) is 33.0 Å². The van der Waals surface area contributed by atoms with E-state index in [0.717, 1.165) is 16.2 Å². The second-order valence-corrected chi connectivity index (χ2v) is 12.5. The van der Waals surface area contributed by atoms with E-state index in [1.165, 1.54) is 40.3 Å². The number of β-lactam (4-membered cyclic amide) rings is 1. The highest BCUT2D eigenvalue weighted by molar-refractivity contribution is 8.01. The van der Waals surface area contributed by atoms with Crippen LogP contribution in [0.4, 0.5) is 16.9 Å². The van der Waals surface area contributed by atoms with Crippen LogP contribution in [0, 0.1) is 0 Å². The van der Waals surface area contributed by atoms with Crippen molar-refractivity contribution in [2.75, 3.05) is 28.7 Å². The number of carbonyl (C=O) groups excluding carboxylic acids is 2. The molecule has 0 aliphatic carbocycles.